The van der Waals surface area contributed by atoms with E-state index in [1.54, 1.807) is 0 Å². The molecule has 4 unspecified atom stereocenters. The maximum Gasteiger partial charge on any atom is 0.404 e. The van der Waals surface area contributed by atoms with Gasteiger partial charge < -0.3 is 10.4 Å². The van der Waals surface area contributed by atoms with Crippen LogP contribution < -0.4 is 5.32 Å². The Balaban J connectivity index is 1.39. The summed E-state index contributed by atoms with van der Waals surface area (Å²) in [6, 6.07) is -1.61. The molecule has 0 radical (unpaired) electrons. The van der Waals surface area contributed by atoms with Crippen molar-refractivity contribution in [2.24, 2.45) is 23.2 Å². The number of carboxylic acid groups (broad SMARTS) is 1. The molecule has 1 heterocycles. The summed E-state index contributed by atoms with van der Waals surface area (Å²) in [6.45, 7) is 0.0624. The lowest BCUT2D eigenvalue weighted by Gasteiger charge is -2.58. The van der Waals surface area contributed by atoms with Crippen molar-refractivity contribution < 1.29 is 27.9 Å². The minimum absolute atomic E-state index is 0.0499. The molecule has 0 spiro atoms. The van der Waals surface area contributed by atoms with Crippen molar-refractivity contribution in [2.45, 2.75) is 63.2 Å². The van der Waals surface area contributed by atoms with Crippen molar-refractivity contribution in [1.82, 2.24) is 10.2 Å². The molecule has 6 atom stereocenters. The van der Waals surface area contributed by atoms with Crippen LogP contribution in [0.4, 0.5) is 13.2 Å². The number of hydrogen-bond acceptors (Lipinski definition) is 3. The number of nitrogens with zero attached hydrogens (tertiary/aromatic N) is 1. The number of halogens is 3. The third-order valence-corrected chi connectivity index (χ3v) is 7.14. The first-order valence-corrected chi connectivity index (χ1v) is 9.51. The first kappa shape index (κ1) is 18.1. The summed E-state index contributed by atoms with van der Waals surface area (Å²) in [5, 5.41) is 12.6. The molecule has 4 aliphatic carbocycles. The zero-order valence-electron chi connectivity index (χ0n) is 14.6. The average molecular weight is 374 g/mol. The molecule has 1 saturated heterocycles. The molecule has 0 aromatic heterocycles. The van der Waals surface area contributed by atoms with Gasteiger partial charge in [0.2, 0.25) is 5.91 Å². The zero-order chi connectivity index (χ0) is 18.7. The number of carbonyl (C=O) groups excluding carboxylic acids is 1. The highest BCUT2D eigenvalue weighted by Gasteiger charge is 2.59. The molecule has 1 aliphatic heterocycles. The molecule has 0 aromatic rings. The molecule has 146 valence electrons. The van der Waals surface area contributed by atoms with Crippen molar-refractivity contribution in [2.75, 3.05) is 13.1 Å². The standard InChI is InChI=1S/C18H25F3N2O3/c19-18(20,21)13-2-1-3-23(13)9-14(24)22-15-11-4-10-5-12(15)8-17(6-10,7-11)16(25)26/h10-13,15H,1-9H2,(H,22,24)(H,25,26)/t10?,11-,12+,13?,15?,17?. The minimum atomic E-state index is -4.30. The van der Waals surface area contributed by atoms with Crippen LogP contribution in [0.2, 0.25) is 0 Å². The fraction of sp³-hybridized carbons (Fsp3) is 0.889. The molecular formula is C18H25F3N2O3. The highest BCUT2D eigenvalue weighted by Crippen LogP contribution is 2.60. The third-order valence-electron chi connectivity index (χ3n) is 7.14. The summed E-state index contributed by atoms with van der Waals surface area (Å²) in [5.41, 5.74) is -0.645. The second kappa shape index (κ2) is 6.11. The third kappa shape index (κ3) is 3.00. The van der Waals surface area contributed by atoms with Gasteiger partial charge in [0.25, 0.3) is 0 Å². The van der Waals surface area contributed by atoms with Gasteiger partial charge >= 0.3 is 12.1 Å². The van der Waals surface area contributed by atoms with Gasteiger partial charge in [0.1, 0.15) is 6.04 Å². The van der Waals surface area contributed by atoms with E-state index in [2.05, 4.69) is 5.32 Å². The smallest absolute Gasteiger partial charge is 0.404 e. The molecule has 5 aliphatic rings. The lowest BCUT2D eigenvalue weighted by molar-refractivity contribution is -0.177. The van der Waals surface area contributed by atoms with Crippen LogP contribution >= 0.6 is 0 Å². The molecule has 2 N–H and O–H groups in total. The van der Waals surface area contributed by atoms with E-state index in [9.17, 15) is 27.9 Å². The largest absolute Gasteiger partial charge is 0.481 e. The van der Waals surface area contributed by atoms with E-state index < -0.39 is 23.6 Å². The maximum atomic E-state index is 13.0. The van der Waals surface area contributed by atoms with E-state index in [0.29, 0.717) is 31.7 Å². The van der Waals surface area contributed by atoms with Gasteiger partial charge in [0, 0.05) is 6.04 Å². The molecule has 0 aromatic carbocycles. The normalized spacial score (nSPS) is 42.2. The number of alkyl halides is 3. The predicted octanol–water partition coefficient (Wildman–Crippen LogP) is 2.41. The van der Waals surface area contributed by atoms with Crippen LogP contribution in [0.5, 0.6) is 0 Å². The number of nitrogens with one attached hydrogen (secondary N) is 1. The number of hydrogen-bond donors (Lipinski definition) is 2. The van der Waals surface area contributed by atoms with E-state index in [1.807, 2.05) is 0 Å². The Hall–Kier alpha value is -1.31. The summed E-state index contributed by atoms with van der Waals surface area (Å²) >= 11 is 0. The van der Waals surface area contributed by atoms with Gasteiger partial charge in [-0.05, 0) is 69.2 Å². The van der Waals surface area contributed by atoms with Crippen molar-refractivity contribution >= 4 is 11.9 Å². The van der Waals surface area contributed by atoms with Gasteiger partial charge in [0.05, 0.1) is 12.0 Å². The lowest BCUT2D eigenvalue weighted by atomic mass is 9.48. The summed E-state index contributed by atoms with van der Waals surface area (Å²) in [6.07, 6.45) is -0.0609. The van der Waals surface area contributed by atoms with Crippen LogP contribution in [0, 0.1) is 23.2 Å². The maximum absolute atomic E-state index is 13.0. The molecule has 8 heteroatoms. The van der Waals surface area contributed by atoms with E-state index in [4.69, 9.17) is 0 Å². The van der Waals surface area contributed by atoms with E-state index >= 15 is 0 Å². The Morgan fingerprint density at radius 3 is 2.38 bits per heavy atom. The van der Waals surface area contributed by atoms with Gasteiger partial charge in [-0.1, -0.05) is 0 Å². The Morgan fingerprint density at radius 2 is 1.81 bits per heavy atom. The second-order valence-electron chi connectivity index (χ2n) is 8.82. The SMILES string of the molecule is O=C(CN1CCCC1C(F)(F)F)NC1[C@@H]2CC3C[C@H]1CC(C(=O)O)(C3)C2. The van der Waals surface area contributed by atoms with Gasteiger partial charge in [-0.25, -0.2) is 0 Å². The van der Waals surface area contributed by atoms with Gasteiger partial charge in [-0.3, -0.25) is 14.5 Å². The lowest BCUT2D eigenvalue weighted by Crippen LogP contribution is -2.61. The van der Waals surface area contributed by atoms with Crippen molar-refractivity contribution in [3.8, 4) is 0 Å². The first-order valence-electron chi connectivity index (χ1n) is 9.51. The number of aliphatic carboxylic acids is 1. The summed E-state index contributed by atoms with van der Waals surface area (Å²) in [5.74, 6) is -0.406. The number of carbonyl (C=O) groups is 2. The van der Waals surface area contributed by atoms with Crippen molar-refractivity contribution in [3.05, 3.63) is 0 Å². The van der Waals surface area contributed by atoms with Crippen LogP contribution in [0.3, 0.4) is 0 Å². The second-order valence-corrected chi connectivity index (χ2v) is 8.82. The molecule has 4 bridgehead atoms. The average Bonchev–Trinajstić information content (AvgIpc) is 2.98. The van der Waals surface area contributed by atoms with E-state index in [1.165, 1.54) is 4.90 Å². The zero-order valence-corrected chi connectivity index (χ0v) is 14.6. The fourth-order valence-corrected chi connectivity index (χ4v) is 6.32. The van der Waals surface area contributed by atoms with Crippen LogP contribution in [0.25, 0.3) is 0 Å². The fourth-order valence-electron chi connectivity index (χ4n) is 6.32. The van der Waals surface area contributed by atoms with Crippen LogP contribution in [-0.4, -0.2) is 53.2 Å². The van der Waals surface area contributed by atoms with Gasteiger partial charge in [0.15, 0.2) is 0 Å². The Morgan fingerprint density at radius 1 is 1.15 bits per heavy atom. The van der Waals surface area contributed by atoms with E-state index in [0.717, 1.165) is 19.3 Å². The number of amides is 1. The van der Waals surface area contributed by atoms with Crippen molar-refractivity contribution in [3.63, 3.8) is 0 Å². The highest BCUT2D eigenvalue weighted by molar-refractivity contribution is 5.79. The quantitative estimate of drug-likeness (QED) is 0.793. The summed E-state index contributed by atoms with van der Waals surface area (Å²) in [4.78, 5) is 25.4. The number of rotatable bonds is 4. The summed E-state index contributed by atoms with van der Waals surface area (Å²) in [7, 11) is 0. The number of carboxylic acids is 1. The Labute approximate surface area is 150 Å². The monoisotopic (exact) mass is 374 g/mol. The summed E-state index contributed by atoms with van der Waals surface area (Å²) < 4.78 is 39.1. The molecule has 5 fully saturated rings. The van der Waals surface area contributed by atoms with Gasteiger partial charge in [-0.2, -0.15) is 13.2 Å². The van der Waals surface area contributed by atoms with Crippen LogP contribution in [0.1, 0.15) is 44.9 Å². The van der Waals surface area contributed by atoms with E-state index in [-0.39, 0.29) is 36.8 Å². The molecule has 4 saturated carbocycles. The topological polar surface area (TPSA) is 69.6 Å². The highest BCUT2D eigenvalue weighted by atomic mass is 19.4. The van der Waals surface area contributed by atoms with Crippen LogP contribution in [0.15, 0.2) is 0 Å². The van der Waals surface area contributed by atoms with Gasteiger partial charge in [-0.15, -0.1) is 0 Å². The first-order chi connectivity index (χ1) is 12.2. The molecule has 26 heavy (non-hydrogen) atoms. The van der Waals surface area contributed by atoms with Crippen LogP contribution in [-0.2, 0) is 9.59 Å². The Kier molecular flexibility index (Phi) is 4.24. The predicted molar refractivity (Wildman–Crippen MR) is 86.2 cm³/mol. The van der Waals surface area contributed by atoms with Crippen molar-refractivity contribution in [1.29, 1.82) is 0 Å². The molecular weight excluding hydrogens is 349 g/mol. The molecule has 1 amide bonds. The Bertz CT molecular complexity index is 593. The number of likely N-dealkylation sites (tertiary alicyclic amines) is 1. The minimum Gasteiger partial charge on any atom is -0.481 e. The molecule has 5 nitrogen and oxygen atoms in total. The molecule has 5 rings (SSSR count).